The molecule has 0 radical (unpaired) electrons. The average molecular weight is 269 g/mol. The molecule has 4 nitrogen and oxygen atoms in total. The highest BCUT2D eigenvalue weighted by Crippen LogP contribution is 2.13. The molecule has 4 heteroatoms. The lowest BCUT2D eigenvalue weighted by molar-refractivity contribution is 0.0122. The van der Waals surface area contributed by atoms with E-state index in [0.717, 1.165) is 17.6 Å². The van der Waals surface area contributed by atoms with E-state index in [1.807, 2.05) is 39.8 Å². The average Bonchev–Trinajstić information content (AvgIpc) is 2.35. The second-order valence-corrected chi connectivity index (χ2v) is 5.15. The first-order valence-corrected chi connectivity index (χ1v) is 6.53. The number of hydrogen-bond acceptors (Lipinski definition) is 4. The summed E-state index contributed by atoms with van der Waals surface area (Å²) < 4.78 is 11.0. The van der Waals surface area contributed by atoms with Gasteiger partial charge < -0.3 is 14.6 Å². The van der Waals surface area contributed by atoms with Gasteiger partial charge in [0.05, 0.1) is 25.9 Å². The molecule has 0 saturated carbocycles. The maximum atomic E-state index is 9.33. The molecule has 19 heavy (non-hydrogen) atoms. The first-order chi connectivity index (χ1) is 8.87. The molecule has 0 aromatic carbocycles. The van der Waals surface area contributed by atoms with E-state index < -0.39 is 0 Å². The SMILES string of the molecule is CC/C=C(/C=C(/COC(C)(C)C)C(=NC)OC)CO. The summed E-state index contributed by atoms with van der Waals surface area (Å²) in [6.07, 6.45) is 4.71. The topological polar surface area (TPSA) is 51.0 Å². The van der Waals surface area contributed by atoms with Gasteiger partial charge in [-0.15, -0.1) is 0 Å². The molecule has 0 unspecified atom stereocenters. The fourth-order valence-corrected chi connectivity index (χ4v) is 1.48. The summed E-state index contributed by atoms with van der Waals surface area (Å²) in [4.78, 5) is 4.09. The van der Waals surface area contributed by atoms with Crippen LogP contribution in [0, 0.1) is 0 Å². The quantitative estimate of drug-likeness (QED) is 0.458. The van der Waals surface area contributed by atoms with Gasteiger partial charge in [-0.1, -0.05) is 13.0 Å². The molecule has 0 heterocycles. The Morgan fingerprint density at radius 3 is 2.32 bits per heavy atom. The molecule has 0 aromatic rings. The van der Waals surface area contributed by atoms with Crippen LogP contribution in [-0.2, 0) is 9.47 Å². The van der Waals surface area contributed by atoms with Crippen molar-refractivity contribution >= 4 is 5.90 Å². The molecular formula is C15H27NO3. The van der Waals surface area contributed by atoms with E-state index in [0.29, 0.717) is 12.5 Å². The second-order valence-electron chi connectivity index (χ2n) is 5.15. The van der Waals surface area contributed by atoms with Crippen molar-refractivity contribution in [2.24, 2.45) is 4.99 Å². The maximum absolute atomic E-state index is 9.33. The van der Waals surface area contributed by atoms with Crippen LogP contribution in [0.2, 0.25) is 0 Å². The van der Waals surface area contributed by atoms with Crippen molar-refractivity contribution in [3.63, 3.8) is 0 Å². The van der Waals surface area contributed by atoms with Crippen LogP contribution in [0.25, 0.3) is 0 Å². The summed E-state index contributed by atoms with van der Waals surface area (Å²) in [7, 11) is 3.25. The predicted octanol–water partition coefficient (Wildman–Crippen LogP) is 2.73. The summed E-state index contributed by atoms with van der Waals surface area (Å²) in [5, 5.41) is 9.33. The van der Waals surface area contributed by atoms with Crippen LogP contribution in [0.3, 0.4) is 0 Å². The van der Waals surface area contributed by atoms with E-state index in [4.69, 9.17) is 9.47 Å². The number of aliphatic imine (C=N–C) groups is 1. The van der Waals surface area contributed by atoms with Crippen molar-refractivity contribution in [3.8, 4) is 0 Å². The van der Waals surface area contributed by atoms with Crippen LogP contribution in [0.5, 0.6) is 0 Å². The minimum atomic E-state index is -0.237. The van der Waals surface area contributed by atoms with Gasteiger partial charge in [0, 0.05) is 12.6 Å². The largest absolute Gasteiger partial charge is 0.481 e. The molecule has 0 atom stereocenters. The lowest BCUT2D eigenvalue weighted by Gasteiger charge is -2.21. The number of ether oxygens (including phenoxy) is 2. The molecule has 0 fully saturated rings. The number of nitrogens with zero attached hydrogens (tertiary/aromatic N) is 1. The lowest BCUT2D eigenvalue weighted by atomic mass is 10.1. The van der Waals surface area contributed by atoms with Crippen molar-refractivity contribution < 1.29 is 14.6 Å². The Hall–Kier alpha value is -1.13. The number of allylic oxidation sites excluding steroid dienone is 1. The van der Waals surface area contributed by atoms with Crippen molar-refractivity contribution in [1.29, 1.82) is 0 Å². The van der Waals surface area contributed by atoms with Crippen LogP contribution < -0.4 is 0 Å². The van der Waals surface area contributed by atoms with Crippen LogP contribution in [0.15, 0.2) is 28.3 Å². The van der Waals surface area contributed by atoms with Gasteiger partial charge in [-0.25, -0.2) is 0 Å². The molecular weight excluding hydrogens is 242 g/mol. The molecule has 0 aliphatic rings. The van der Waals surface area contributed by atoms with Gasteiger partial charge in [0.15, 0.2) is 0 Å². The van der Waals surface area contributed by atoms with Crippen molar-refractivity contribution in [2.45, 2.75) is 39.7 Å². The molecule has 0 aliphatic heterocycles. The zero-order valence-electron chi connectivity index (χ0n) is 13.0. The molecule has 0 spiro atoms. The number of methoxy groups -OCH3 is 1. The Balaban J connectivity index is 5.16. The highest BCUT2D eigenvalue weighted by molar-refractivity contribution is 5.94. The number of aliphatic hydroxyl groups is 1. The third-order valence-electron chi connectivity index (χ3n) is 2.34. The van der Waals surface area contributed by atoms with Gasteiger partial charge in [-0.3, -0.25) is 4.99 Å². The van der Waals surface area contributed by atoms with E-state index in [1.165, 1.54) is 0 Å². The Kier molecular flexibility index (Phi) is 8.35. The minimum absolute atomic E-state index is 0.00638. The Morgan fingerprint density at radius 2 is 1.95 bits per heavy atom. The third kappa shape index (κ3) is 7.80. The zero-order chi connectivity index (χ0) is 14.9. The molecule has 0 saturated heterocycles. The van der Waals surface area contributed by atoms with E-state index in [9.17, 15) is 5.11 Å². The molecule has 0 amide bonds. The van der Waals surface area contributed by atoms with Crippen molar-refractivity contribution in [1.82, 2.24) is 0 Å². The Morgan fingerprint density at radius 1 is 1.32 bits per heavy atom. The van der Waals surface area contributed by atoms with Gasteiger partial charge in [0.1, 0.15) is 0 Å². The van der Waals surface area contributed by atoms with Crippen LogP contribution in [0.1, 0.15) is 34.1 Å². The molecule has 1 N–H and O–H groups in total. The van der Waals surface area contributed by atoms with Crippen molar-refractivity contribution in [3.05, 3.63) is 23.3 Å². The Bertz CT molecular complexity index is 349. The number of rotatable bonds is 6. The van der Waals surface area contributed by atoms with Crippen LogP contribution in [-0.4, -0.2) is 44.0 Å². The number of hydrogen-bond donors (Lipinski definition) is 1. The highest BCUT2D eigenvalue weighted by Gasteiger charge is 2.14. The first-order valence-electron chi connectivity index (χ1n) is 6.53. The third-order valence-corrected chi connectivity index (χ3v) is 2.34. The molecule has 0 bridgehead atoms. The molecule has 110 valence electrons. The molecule has 0 aliphatic carbocycles. The lowest BCUT2D eigenvalue weighted by Crippen LogP contribution is -2.23. The monoisotopic (exact) mass is 269 g/mol. The Labute approximate surface area is 116 Å². The summed E-state index contributed by atoms with van der Waals surface area (Å²) in [6, 6.07) is 0. The smallest absolute Gasteiger partial charge is 0.213 e. The van der Waals surface area contributed by atoms with Gasteiger partial charge >= 0.3 is 0 Å². The van der Waals surface area contributed by atoms with Gasteiger partial charge in [0.2, 0.25) is 5.90 Å². The number of aliphatic hydroxyl groups excluding tert-OH is 1. The van der Waals surface area contributed by atoms with E-state index >= 15 is 0 Å². The summed E-state index contributed by atoms with van der Waals surface area (Å²) >= 11 is 0. The van der Waals surface area contributed by atoms with Gasteiger partial charge in [-0.05, 0) is 38.8 Å². The first kappa shape index (κ1) is 17.9. The van der Waals surface area contributed by atoms with E-state index in [2.05, 4.69) is 4.99 Å². The van der Waals surface area contributed by atoms with Gasteiger partial charge in [0.25, 0.3) is 0 Å². The minimum Gasteiger partial charge on any atom is -0.481 e. The van der Waals surface area contributed by atoms with Crippen LogP contribution >= 0.6 is 0 Å². The zero-order valence-corrected chi connectivity index (χ0v) is 13.0. The molecule has 0 rings (SSSR count). The fourth-order valence-electron chi connectivity index (χ4n) is 1.48. The van der Waals surface area contributed by atoms with Gasteiger partial charge in [-0.2, -0.15) is 0 Å². The van der Waals surface area contributed by atoms with E-state index in [-0.39, 0.29) is 12.2 Å². The van der Waals surface area contributed by atoms with Crippen LogP contribution in [0.4, 0.5) is 0 Å². The summed E-state index contributed by atoms with van der Waals surface area (Å²) in [5.74, 6) is 0.528. The van der Waals surface area contributed by atoms with Crippen molar-refractivity contribution in [2.75, 3.05) is 27.4 Å². The summed E-state index contributed by atoms with van der Waals surface area (Å²) in [6.45, 7) is 8.40. The highest BCUT2D eigenvalue weighted by atomic mass is 16.5. The second kappa shape index (κ2) is 8.88. The van der Waals surface area contributed by atoms with E-state index in [1.54, 1.807) is 14.2 Å². The standard InChI is InChI=1S/C15H27NO3/c1-7-8-12(10-17)9-13(14(16-5)18-6)11-19-15(2,3)4/h8-9,17H,7,10-11H2,1-6H3/b12-8-,13-9-,16-14?. The molecule has 0 aromatic heterocycles. The normalized spacial score (nSPS) is 14.8. The maximum Gasteiger partial charge on any atom is 0.213 e. The predicted molar refractivity (Wildman–Crippen MR) is 79.6 cm³/mol. The fraction of sp³-hybridized carbons (Fsp3) is 0.667. The summed E-state index contributed by atoms with van der Waals surface area (Å²) in [5.41, 5.74) is 1.43.